The number of nitrogens with one attached hydrogen (secondary N) is 1. The lowest BCUT2D eigenvalue weighted by atomic mass is 10.1. The zero-order valence-corrected chi connectivity index (χ0v) is 15.7. The number of rotatable bonds is 7. The van der Waals surface area contributed by atoms with E-state index >= 15 is 0 Å². The van der Waals surface area contributed by atoms with Gasteiger partial charge in [-0.2, -0.15) is 5.10 Å². The molecule has 0 spiro atoms. The molecule has 2 rings (SSSR count). The fourth-order valence-corrected chi connectivity index (χ4v) is 2.71. The third-order valence-electron chi connectivity index (χ3n) is 4.00. The molecule has 0 fully saturated rings. The average molecular weight is 376 g/mol. The molecule has 144 valence electrons. The van der Waals surface area contributed by atoms with Crippen LogP contribution in [0.1, 0.15) is 28.7 Å². The van der Waals surface area contributed by atoms with Crippen molar-refractivity contribution in [3.05, 3.63) is 39.2 Å². The van der Waals surface area contributed by atoms with Gasteiger partial charge in [-0.15, -0.1) is 0 Å². The monoisotopic (exact) mass is 376 g/mol. The van der Waals surface area contributed by atoms with Crippen LogP contribution < -0.4 is 14.8 Å². The number of amides is 1. The van der Waals surface area contributed by atoms with E-state index in [1.807, 2.05) is 0 Å². The van der Waals surface area contributed by atoms with Crippen molar-refractivity contribution in [3.63, 3.8) is 0 Å². The van der Waals surface area contributed by atoms with Gasteiger partial charge in [0.15, 0.2) is 17.3 Å². The summed E-state index contributed by atoms with van der Waals surface area (Å²) >= 11 is 0. The molecule has 27 heavy (non-hydrogen) atoms. The number of aryl methyl sites for hydroxylation is 1. The Morgan fingerprint density at radius 1 is 1.22 bits per heavy atom. The van der Waals surface area contributed by atoms with Gasteiger partial charge in [0.1, 0.15) is 17.9 Å². The Kier molecular flexibility index (Phi) is 5.78. The van der Waals surface area contributed by atoms with Crippen molar-refractivity contribution in [2.75, 3.05) is 19.5 Å². The Morgan fingerprint density at radius 3 is 2.30 bits per heavy atom. The second-order valence-corrected chi connectivity index (χ2v) is 5.79. The Bertz CT molecular complexity index is 919. The number of hydrogen-bond donors (Lipinski definition) is 1. The maximum atomic E-state index is 12.4. The van der Waals surface area contributed by atoms with Gasteiger partial charge in [-0.3, -0.25) is 24.4 Å². The lowest BCUT2D eigenvalue weighted by molar-refractivity contribution is -0.386. The lowest BCUT2D eigenvalue weighted by Gasteiger charge is -2.14. The Labute approximate surface area is 155 Å². The van der Waals surface area contributed by atoms with Gasteiger partial charge in [0.05, 0.1) is 24.8 Å². The van der Waals surface area contributed by atoms with E-state index in [1.165, 1.54) is 51.8 Å². The average Bonchev–Trinajstić information content (AvgIpc) is 2.87. The van der Waals surface area contributed by atoms with Gasteiger partial charge in [-0.1, -0.05) is 0 Å². The minimum atomic E-state index is -0.533. The zero-order valence-electron chi connectivity index (χ0n) is 15.7. The number of nitro groups is 1. The second kappa shape index (κ2) is 7.85. The van der Waals surface area contributed by atoms with E-state index < -0.39 is 10.8 Å². The molecule has 0 aliphatic heterocycles. The van der Waals surface area contributed by atoms with Crippen LogP contribution in [0.2, 0.25) is 0 Å². The molecule has 10 heteroatoms. The number of carbonyl (C=O) groups is 2. The summed E-state index contributed by atoms with van der Waals surface area (Å²) < 4.78 is 11.6. The first-order chi connectivity index (χ1) is 12.7. The molecular weight excluding hydrogens is 356 g/mol. The number of Topliss-reactive ketones (excluding diaryl/α,β-unsaturated/α-hetero) is 1. The SMILES string of the molecule is COc1cc(NC(=O)Cn2nc(C)c([N+](=O)[O-])c2C)c(C(C)=O)cc1OC. The van der Waals surface area contributed by atoms with E-state index in [1.54, 1.807) is 0 Å². The van der Waals surface area contributed by atoms with Gasteiger partial charge in [0.2, 0.25) is 5.91 Å². The number of hydrogen-bond acceptors (Lipinski definition) is 7. The third kappa shape index (κ3) is 4.05. The summed E-state index contributed by atoms with van der Waals surface area (Å²) in [5.41, 5.74) is 0.868. The van der Waals surface area contributed by atoms with Crippen molar-refractivity contribution < 1.29 is 24.0 Å². The highest BCUT2D eigenvalue weighted by Crippen LogP contribution is 2.33. The van der Waals surface area contributed by atoms with Crippen LogP contribution in [-0.4, -0.2) is 40.6 Å². The molecule has 1 aromatic carbocycles. The smallest absolute Gasteiger partial charge is 0.312 e. The molecule has 0 unspecified atom stereocenters. The summed E-state index contributed by atoms with van der Waals surface area (Å²) in [6.07, 6.45) is 0. The number of nitrogens with zero attached hydrogens (tertiary/aromatic N) is 3. The normalized spacial score (nSPS) is 10.4. The molecule has 10 nitrogen and oxygen atoms in total. The van der Waals surface area contributed by atoms with Crippen molar-refractivity contribution in [1.82, 2.24) is 9.78 Å². The van der Waals surface area contributed by atoms with Crippen LogP contribution in [0.4, 0.5) is 11.4 Å². The lowest BCUT2D eigenvalue weighted by Crippen LogP contribution is -2.21. The van der Waals surface area contributed by atoms with Gasteiger partial charge < -0.3 is 14.8 Å². The molecular formula is C17H20N4O6. The topological polar surface area (TPSA) is 126 Å². The molecule has 2 aromatic rings. The molecule has 0 atom stereocenters. The van der Waals surface area contributed by atoms with Gasteiger partial charge in [0, 0.05) is 11.6 Å². The maximum Gasteiger partial charge on any atom is 0.312 e. The molecule has 0 saturated carbocycles. The van der Waals surface area contributed by atoms with Gasteiger partial charge in [-0.25, -0.2) is 0 Å². The number of anilines is 1. The van der Waals surface area contributed by atoms with Crippen molar-refractivity contribution in [2.24, 2.45) is 0 Å². The zero-order chi connectivity index (χ0) is 20.3. The fourth-order valence-electron chi connectivity index (χ4n) is 2.71. The molecule has 1 N–H and O–H groups in total. The molecule has 1 aromatic heterocycles. The Morgan fingerprint density at radius 2 is 1.81 bits per heavy atom. The number of carbonyl (C=O) groups excluding carboxylic acids is 2. The van der Waals surface area contributed by atoms with Gasteiger partial charge in [-0.05, 0) is 26.8 Å². The van der Waals surface area contributed by atoms with E-state index in [9.17, 15) is 19.7 Å². The van der Waals surface area contributed by atoms with E-state index in [-0.39, 0.29) is 40.7 Å². The van der Waals surface area contributed by atoms with E-state index in [4.69, 9.17) is 9.47 Å². The highest BCUT2D eigenvalue weighted by molar-refractivity contribution is 6.04. The number of benzene rings is 1. The summed E-state index contributed by atoms with van der Waals surface area (Å²) in [6.45, 7) is 4.14. The number of methoxy groups -OCH3 is 2. The van der Waals surface area contributed by atoms with Crippen LogP contribution in [0.3, 0.4) is 0 Å². The summed E-state index contributed by atoms with van der Waals surface area (Å²) in [5.74, 6) is -0.0624. The quantitative estimate of drug-likeness (QED) is 0.446. The van der Waals surface area contributed by atoms with E-state index in [2.05, 4.69) is 10.4 Å². The second-order valence-electron chi connectivity index (χ2n) is 5.79. The maximum absolute atomic E-state index is 12.4. The van der Waals surface area contributed by atoms with E-state index in [0.717, 1.165) is 0 Å². The Hall–Kier alpha value is -3.43. The number of aromatic nitrogens is 2. The molecule has 0 radical (unpaired) electrons. The summed E-state index contributed by atoms with van der Waals surface area (Å²) in [6, 6.07) is 2.96. The van der Waals surface area contributed by atoms with Crippen LogP contribution >= 0.6 is 0 Å². The first-order valence-electron chi connectivity index (χ1n) is 7.94. The summed E-state index contributed by atoms with van der Waals surface area (Å²) in [5, 5.41) is 17.7. The predicted molar refractivity (Wildman–Crippen MR) is 96.5 cm³/mol. The van der Waals surface area contributed by atoms with Crippen LogP contribution in [0, 0.1) is 24.0 Å². The third-order valence-corrected chi connectivity index (χ3v) is 4.00. The van der Waals surface area contributed by atoms with Crippen LogP contribution in [-0.2, 0) is 11.3 Å². The predicted octanol–water partition coefficient (Wildman–Crippen LogP) is 2.27. The van der Waals surface area contributed by atoms with Crippen LogP contribution in [0.15, 0.2) is 12.1 Å². The summed E-state index contributed by atoms with van der Waals surface area (Å²) in [4.78, 5) is 34.9. The first kappa shape index (κ1) is 19.9. The fraction of sp³-hybridized carbons (Fsp3) is 0.353. The molecule has 0 aliphatic rings. The summed E-state index contributed by atoms with van der Waals surface area (Å²) in [7, 11) is 2.88. The Balaban J connectivity index is 2.32. The standard InChI is InChI=1S/C17H20N4O6/c1-9-17(21(24)25)10(2)20(19-9)8-16(23)18-13-7-15(27-5)14(26-4)6-12(13)11(3)22/h6-7H,8H2,1-5H3,(H,18,23). The minimum absolute atomic E-state index is 0.127. The molecule has 0 saturated heterocycles. The van der Waals surface area contributed by atoms with Crippen molar-refractivity contribution in [2.45, 2.75) is 27.3 Å². The van der Waals surface area contributed by atoms with Crippen molar-refractivity contribution >= 4 is 23.1 Å². The number of ether oxygens (including phenoxy) is 2. The largest absolute Gasteiger partial charge is 0.493 e. The van der Waals surface area contributed by atoms with Crippen LogP contribution in [0.25, 0.3) is 0 Å². The molecule has 0 aliphatic carbocycles. The first-order valence-corrected chi connectivity index (χ1v) is 7.94. The van der Waals surface area contributed by atoms with Crippen molar-refractivity contribution in [3.8, 4) is 11.5 Å². The van der Waals surface area contributed by atoms with Gasteiger partial charge in [0.25, 0.3) is 0 Å². The molecule has 1 amide bonds. The highest BCUT2D eigenvalue weighted by atomic mass is 16.6. The van der Waals surface area contributed by atoms with Crippen LogP contribution in [0.5, 0.6) is 11.5 Å². The molecule has 0 bridgehead atoms. The minimum Gasteiger partial charge on any atom is -0.493 e. The highest BCUT2D eigenvalue weighted by Gasteiger charge is 2.23. The number of ketones is 1. The van der Waals surface area contributed by atoms with E-state index in [0.29, 0.717) is 11.5 Å². The van der Waals surface area contributed by atoms with Gasteiger partial charge >= 0.3 is 5.69 Å². The van der Waals surface area contributed by atoms with Crippen molar-refractivity contribution in [1.29, 1.82) is 0 Å². The molecule has 1 heterocycles.